The number of hydrogen-bond acceptors (Lipinski definition) is 1. The molecular weight excluding hydrogens is 529 g/mol. The first-order valence-corrected chi connectivity index (χ1v) is 15.7. The predicted molar refractivity (Wildman–Crippen MR) is 175 cm³/mol. The molecule has 1 fully saturated rings. The van der Waals surface area contributed by atoms with Crippen LogP contribution in [0.5, 0.6) is 0 Å². The molecule has 0 bridgehead atoms. The van der Waals surface area contributed by atoms with Gasteiger partial charge in [-0.2, -0.15) is 0 Å². The normalized spacial score (nSPS) is 17.3. The maximum atomic E-state index is 15.6. The van der Waals surface area contributed by atoms with Gasteiger partial charge in [0.25, 0.3) is 0 Å². The lowest BCUT2D eigenvalue weighted by molar-refractivity contribution is -0.660. The highest BCUT2D eigenvalue weighted by atomic mass is 19.1. The molecule has 6 aromatic rings. The van der Waals surface area contributed by atoms with Gasteiger partial charge in [-0.3, -0.25) is 0 Å². The highest BCUT2D eigenvalue weighted by Crippen LogP contribution is 2.43. The van der Waals surface area contributed by atoms with Crippen molar-refractivity contribution < 1.29 is 13.4 Å². The van der Waals surface area contributed by atoms with E-state index < -0.39 is 0 Å². The van der Waals surface area contributed by atoms with Gasteiger partial charge < -0.3 is 4.42 Å². The van der Waals surface area contributed by atoms with E-state index in [4.69, 9.17) is 4.42 Å². The zero-order valence-electron chi connectivity index (χ0n) is 25.5. The van der Waals surface area contributed by atoms with Crippen LogP contribution in [-0.4, -0.2) is 0 Å². The molecule has 4 aromatic carbocycles. The summed E-state index contributed by atoms with van der Waals surface area (Å²) in [7, 11) is 2.07. The van der Waals surface area contributed by atoms with Gasteiger partial charge in [0.15, 0.2) is 6.20 Å². The van der Waals surface area contributed by atoms with Gasteiger partial charge in [0.1, 0.15) is 24.0 Å². The van der Waals surface area contributed by atoms with Crippen molar-refractivity contribution in [3.05, 3.63) is 125 Å². The van der Waals surface area contributed by atoms with Crippen LogP contribution in [0.3, 0.4) is 0 Å². The minimum Gasteiger partial charge on any atom is -0.454 e. The van der Waals surface area contributed by atoms with Crippen molar-refractivity contribution in [1.82, 2.24) is 0 Å². The van der Waals surface area contributed by atoms with E-state index in [-0.39, 0.29) is 5.82 Å². The van der Waals surface area contributed by atoms with Gasteiger partial charge in [0.2, 0.25) is 5.69 Å². The molecular formula is C40H39FNO+. The third-order valence-electron chi connectivity index (χ3n) is 9.73. The van der Waals surface area contributed by atoms with Crippen molar-refractivity contribution in [2.24, 2.45) is 7.05 Å². The van der Waals surface area contributed by atoms with E-state index in [1.165, 1.54) is 42.4 Å². The van der Waals surface area contributed by atoms with Crippen LogP contribution >= 0.6 is 0 Å². The zero-order valence-corrected chi connectivity index (χ0v) is 25.5. The van der Waals surface area contributed by atoms with Crippen LogP contribution in [0, 0.1) is 12.7 Å². The molecule has 0 radical (unpaired) electrons. The summed E-state index contributed by atoms with van der Waals surface area (Å²) >= 11 is 0. The van der Waals surface area contributed by atoms with Crippen molar-refractivity contribution in [3.63, 3.8) is 0 Å². The van der Waals surface area contributed by atoms with Crippen molar-refractivity contribution in [2.75, 3.05) is 0 Å². The van der Waals surface area contributed by atoms with E-state index in [2.05, 4.69) is 117 Å². The molecule has 2 aromatic heterocycles. The molecule has 1 aliphatic rings. The SMILES string of the molecule is Cc1ccc2c(oc3c(-c4ccc(C5CCC(c6ccccc6)CC5)cc4)c(F)ccc32)c1-c1cc(C(C)C)cc[n+]1C. The molecule has 0 unspecified atom stereocenters. The number of rotatable bonds is 5. The second kappa shape index (κ2) is 11.1. The molecule has 2 nitrogen and oxygen atoms in total. The third kappa shape index (κ3) is 4.95. The molecule has 0 amide bonds. The van der Waals surface area contributed by atoms with E-state index in [1.54, 1.807) is 6.07 Å². The Morgan fingerprint density at radius 3 is 1.98 bits per heavy atom. The summed E-state index contributed by atoms with van der Waals surface area (Å²) in [6, 6.07) is 31.6. The minimum atomic E-state index is -0.256. The highest BCUT2D eigenvalue weighted by molar-refractivity contribution is 6.13. The standard InChI is InChI=1S/C40H39FNO/c1-25(2)32-22-23-42(4)36(24-32)37-26(3)10-19-33-34-20-21-35(41)38(40(34)43-39(33)37)31-17-15-30(16-18-31)29-13-11-28(12-14-29)27-8-6-5-7-9-27/h5-10,15-25,28-29H,11-14H2,1-4H3/q+1. The van der Waals surface area contributed by atoms with Gasteiger partial charge in [-0.25, -0.2) is 8.96 Å². The van der Waals surface area contributed by atoms with Crippen molar-refractivity contribution in [3.8, 4) is 22.4 Å². The number of benzene rings is 4. The number of pyridine rings is 1. The second-order valence-corrected chi connectivity index (χ2v) is 12.7. The Balaban J connectivity index is 1.26. The molecule has 216 valence electrons. The molecule has 43 heavy (non-hydrogen) atoms. The number of furan rings is 1. The molecule has 0 aliphatic heterocycles. The Bertz CT molecular complexity index is 1930. The molecule has 0 N–H and O–H groups in total. The predicted octanol–water partition coefficient (Wildman–Crippen LogP) is 10.8. The van der Waals surface area contributed by atoms with E-state index >= 15 is 4.39 Å². The van der Waals surface area contributed by atoms with Crippen LogP contribution in [0.15, 0.2) is 102 Å². The Labute approximate surface area is 253 Å². The van der Waals surface area contributed by atoms with Crippen molar-refractivity contribution in [2.45, 2.75) is 64.2 Å². The quantitative estimate of drug-likeness (QED) is 0.189. The number of aromatic nitrogens is 1. The number of hydrogen-bond donors (Lipinski definition) is 0. The Morgan fingerprint density at radius 1 is 0.721 bits per heavy atom. The molecule has 0 atom stereocenters. The van der Waals surface area contributed by atoms with Crippen LogP contribution < -0.4 is 4.57 Å². The average Bonchev–Trinajstić information content (AvgIpc) is 3.40. The fourth-order valence-electron chi connectivity index (χ4n) is 7.17. The summed E-state index contributed by atoms with van der Waals surface area (Å²) in [5, 5.41) is 1.96. The summed E-state index contributed by atoms with van der Waals surface area (Å²) in [4.78, 5) is 0. The monoisotopic (exact) mass is 568 g/mol. The topological polar surface area (TPSA) is 17.0 Å². The number of aryl methyl sites for hydroxylation is 2. The van der Waals surface area contributed by atoms with Crippen LogP contribution in [0.1, 0.15) is 79.5 Å². The van der Waals surface area contributed by atoms with Crippen LogP contribution in [0.25, 0.3) is 44.3 Å². The Morgan fingerprint density at radius 2 is 1.33 bits per heavy atom. The van der Waals surface area contributed by atoms with Gasteiger partial charge in [0, 0.05) is 22.9 Å². The number of nitrogens with zero attached hydrogens (tertiary/aromatic N) is 1. The van der Waals surface area contributed by atoms with Crippen molar-refractivity contribution in [1.29, 1.82) is 0 Å². The summed E-state index contributed by atoms with van der Waals surface area (Å²) in [6.07, 6.45) is 6.91. The first kappa shape index (κ1) is 27.6. The molecule has 0 saturated heterocycles. The van der Waals surface area contributed by atoms with Gasteiger partial charge >= 0.3 is 0 Å². The average molecular weight is 569 g/mol. The lowest BCUT2D eigenvalue weighted by Gasteiger charge is -2.29. The lowest BCUT2D eigenvalue weighted by Crippen LogP contribution is -2.31. The summed E-state index contributed by atoms with van der Waals surface area (Å²) < 4.78 is 24.5. The first-order valence-electron chi connectivity index (χ1n) is 15.7. The molecule has 1 aliphatic carbocycles. The van der Waals surface area contributed by atoms with E-state index in [1.807, 2.05) is 6.07 Å². The fourth-order valence-corrected chi connectivity index (χ4v) is 7.17. The van der Waals surface area contributed by atoms with Gasteiger partial charge in [-0.05, 0) is 90.3 Å². The fraction of sp³-hybridized carbons (Fsp3) is 0.275. The van der Waals surface area contributed by atoms with Crippen LogP contribution in [0.2, 0.25) is 0 Å². The van der Waals surface area contributed by atoms with Gasteiger partial charge in [-0.1, -0.05) is 80.6 Å². The van der Waals surface area contributed by atoms with Gasteiger partial charge in [-0.15, -0.1) is 0 Å². The van der Waals surface area contributed by atoms with Crippen LogP contribution in [-0.2, 0) is 7.05 Å². The maximum Gasteiger partial charge on any atom is 0.216 e. The van der Waals surface area contributed by atoms with E-state index in [0.29, 0.717) is 28.9 Å². The smallest absolute Gasteiger partial charge is 0.216 e. The van der Waals surface area contributed by atoms with Crippen LogP contribution in [0.4, 0.5) is 4.39 Å². The Kier molecular flexibility index (Phi) is 7.13. The first-order chi connectivity index (χ1) is 20.9. The number of halogens is 1. The third-order valence-corrected chi connectivity index (χ3v) is 9.73. The summed E-state index contributed by atoms with van der Waals surface area (Å²) in [5.41, 5.74) is 10.2. The zero-order chi connectivity index (χ0) is 29.7. The summed E-state index contributed by atoms with van der Waals surface area (Å²) in [5.74, 6) is 1.36. The van der Waals surface area contributed by atoms with Gasteiger partial charge in [0.05, 0.1) is 11.1 Å². The minimum absolute atomic E-state index is 0.256. The summed E-state index contributed by atoms with van der Waals surface area (Å²) in [6.45, 7) is 6.55. The maximum absolute atomic E-state index is 15.6. The molecule has 0 spiro atoms. The molecule has 2 heterocycles. The largest absolute Gasteiger partial charge is 0.454 e. The molecule has 3 heteroatoms. The highest BCUT2D eigenvalue weighted by Gasteiger charge is 2.26. The molecule has 7 rings (SSSR count). The van der Waals surface area contributed by atoms with E-state index in [0.717, 1.165) is 38.7 Å². The van der Waals surface area contributed by atoms with E-state index in [9.17, 15) is 0 Å². The van der Waals surface area contributed by atoms with Crippen molar-refractivity contribution >= 4 is 21.9 Å². The number of fused-ring (bicyclic) bond motifs is 3. The second-order valence-electron chi connectivity index (χ2n) is 12.7. The lowest BCUT2D eigenvalue weighted by atomic mass is 9.76. The molecule has 1 saturated carbocycles. The Hall–Kier alpha value is -4.24.